The second-order valence-electron chi connectivity index (χ2n) is 3.70. The van der Waals surface area contributed by atoms with Crippen molar-refractivity contribution in [1.82, 2.24) is 9.99 Å². The number of carbonyl (C=O) groups is 1. The van der Waals surface area contributed by atoms with Crippen LogP contribution in [0.2, 0.25) is 0 Å². The Hall–Kier alpha value is -1.85. The average molecular weight is 218 g/mol. The van der Waals surface area contributed by atoms with E-state index in [4.69, 9.17) is 11.6 Å². The van der Waals surface area contributed by atoms with Crippen LogP contribution in [0, 0.1) is 0 Å². The minimum atomic E-state index is -0.740. The van der Waals surface area contributed by atoms with Gasteiger partial charge in [0.15, 0.2) is 0 Å². The lowest BCUT2D eigenvalue weighted by Gasteiger charge is -2.08. The van der Waals surface area contributed by atoms with Crippen molar-refractivity contribution in [3.63, 3.8) is 0 Å². The molecule has 1 heterocycles. The summed E-state index contributed by atoms with van der Waals surface area (Å²) in [6, 6.07) is 7.04. The minimum Gasteiger partial charge on any atom is -0.350 e. The van der Waals surface area contributed by atoms with Gasteiger partial charge in [-0.15, -0.1) is 0 Å². The summed E-state index contributed by atoms with van der Waals surface area (Å²) >= 11 is 0. The molecule has 0 radical (unpaired) electrons. The Balaban J connectivity index is 2.57. The Morgan fingerprint density at radius 1 is 1.44 bits per heavy atom. The lowest BCUT2D eigenvalue weighted by Crippen LogP contribution is -2.38. The molecular weight excluding hydrogens is 204 g/mol. The fourth-order valence-electron chi connectivity index (χ4n) is 1.85. The van der Waals surface area contributed by atoms with E-state index >= 15 is 0 Å². The van der Waals surface area contributed by atoms with Gasteiger partial charge in [-0.3, -0.25) is 10.2 Å². The summed E-state index contributed by atoms with van der Waals surface area (Å²) in [7, 11) is 1.92. The van der Waals surface area contributed by atoms with E-state index in [0.29, 0.717) is 0 Å². The third-order valence-corrected chi connectivity index (χ3v) is 2.69. The van der Waals surface area contributed by atoms with E-state index in [2.05, 4.69) is 5.43 Å². The van der Waals surface area contributed by atoms with Gasteiger partial charge >= 0.3 is 0 Å². The van der Waals surface area contributed by atoms with Gasteiger partial charge in [0.25, 0.3) is 5.91 Å². The van der Waals surface area contributed by atoms with Gasteiger partial charge in [0.1, 0.15) is 6.04 Å². The Kier molecular flexibility index (Phi) is 2.64. The smallest absolute Gasteiger partial charge is 0.255 e. The van der Waals surface area contributed by atoms with E-state index in [-0.39, 0.29) is 0 Å². The zero-order valence-electron chi connectivity index (χ0n) is 8.97. The number of para-hydroxylation sites is 1. The zero-order chi connectivity index (χ0) is 11.7. The third-order valence-electron chi connectivity index (χ3n) is 2.69. The molecule has 0 fully saturated rings. The number of nitrogens with one attached hydrogen (secondary N) is 1. The molecule has 5 nitrogen and oxygen atoms in total. The first kappa shape index (κ1) is 10.7. The number of carbonyl (C=O) groups excluding carboxylic acids is 1. The number of rotatable bonds is 2. The Bertz CT molecular complexity index is 532. The topological polar surface area (TPSA) is 86.1 Å². The van der Waals surface area contributed by atoms with Gasteiger partial charge in [-0.1, -0.05) is 18.2 Å². The highest BCUT2D eigenvalue weighted by Crippen LogP contribution is 2.24. The highest BCUT2D eigenvalue weighted by atomic mass is 16.2. The van der Waals surface area contributed by atoms with E-state index in [9.17, 15) is 4.79 Å². The first-order valence-corrected chi connectivity index (χ1v) is 4.95. The van der Waals surface area contributed by atoms with E-state index < -0.39 is 11.9 Å². The lowest BCUT2D eigenvalue weighted by molar-refractivity contribution is -0.122. The van der Waals surface area contributed by atoms with Gasteiger partial charge in [-0.25, -0.2) is 5.84 Å². The van der Waals surface area contributed by atoms with Crippen molar-refractivity contribution in [3.05, 3.63) is 36.0 Å². The highest BCUT2D eigenvalue weighted by molar-refractivity contribution is 5.91. The van der Waals surface area contributed by atoms with Crippen LogP contribution in [0.3, 0.4) is 0 Å². The van der Waals surface area contributed by atoms with Crippen LogP contribution in [0.5, 0.6) is 0 Å². The van der Waals surface area contributed by atoms with Crippen LogP contribution in [0.25, 0.3) is 10.9 Å². The zero-order valence-corrected chi connectivity index (χ0v) is 8.97. The number of benzene rings is 1. The molecule has 0 aliphatic carbocycles. The number of nitrogens with two attached hydrogens (primary N) is 2. The molecule has 84 valence electrons. The number of hydrogen-bond acceptors (Lipinski definition) is 3. The molecule has 0 aliphatic heterocycles. The number of hydrogen-bond donors (Lipinski definition) is 3. The molecule has 1 aromatic carbocycles. The molecular formula is C11H14N4O. The second kappa shape index (κ2) is 3.96. The van der Waals surface area contributed by atoms with Crippen LogP contribution < -0.4 is 17.0 Å². The molecule has 5 heteroatoms. The molecule has 0 aliphatic rings. The van der Waals surface area contributed by atoms with E-state index in [1.54, 1.807) is 0 Å². The van der Waals surface area contributed by atoms with Crippen molar-refractivity contribution in [1.29, 1.82) is 0 Å². The van der Waals surface area contributed by atoms with Crippen LogP contribution in [-0.4, -0.2) is 10.5 Å². The number of aryl methyl sites for hydroxylation is 1. The first-order valence-electron chi connectivity index (χ1n) is 4.95. The SMILES string of the molecule is Cn1cc(C(N)C(=O)NN)c2ccccc21. The number of amides is 1. The van der Waals surface area contributed by atoms with E-state index in [1.807, 2.05) is 42.1 Å². The maximum Gasteiger partial charge on any atom is 0.255 e. The molecule has 0 saturated heterocycles. The Morgan fingerprint density at radius 3 is 2.81 bits per heavy atom. The quantitative estimate of drug-likeness (QED) is 0.381. The number of nitrogens with zero attached hydrogens (tertiary/aromatic N) is 1. The first-order chi connectivity index (χ1) is 7.65. The Labute approximate surface area is 93.0 Å². The summed E-state index contributed by atoms with van der Waals surface area (Å²) < 4.78 is 1.94. The molecule has 1 amide bonds. The van der Waals surface area contributed by atoms with Crippen molar-refractivity contribution in [2.24, 2.45) is 18.6 Å². The monoisotopic (exact) mass is 218 g/mol. The Morgan fingerprint density at radius 2 is 2.12 bits per heavy atom. The van der Waals surface area contributed by atoms with Crippen LogP contribution in [0.4, 0.5) is 0 Å². The summed E-state index contributed by atoms with van der Waals surface area (Å²) in [5, 5.41) is 0.973. The molecule has 16 heavy (non-hydrogen) atoms. The molecule has 5 N–H and O–H groups in total. The molecule has 0 saturated carbocycles. The van der Waals surface area contributed by atoms with Crippen molar-refractivity contribution >= 4 is 16.8 Å². The predicted molar refractivity (Wildman–Crippen MR) is 62.2 cm³/mol. The molecule has 1 aromatic heterocycles. The summed E-state index contributed by atoms with van der Waals surface area (Å²) in [5.41, 5.74) is 9.71. The summed E-state index contributed by atoms with van der Waals surface area (Å²) in [6.45, 7) is 0. The molecule has 1 unspecified atom stereocenters. The number of aromatic nitrogens is 1. The van der Waals surface area contributed by atoms with Gasteiger partial charge in [0.05, 0.1) is 0 Å². The lowest BCUT2D eigenvalue weighted by atomic mass is 10.1. The third kappa shape index (κ3) is 1.56. The molecule has 1 atom stereocenters. The van der Waals surface area contributed by atoms with Gasteiger partial charge in [0, 0.05) is 29.7 Å². The molecule has 0 bridgehead atoms. The number of hydrazine groups is 1. The van der Waals surface area contributed by atoms with Crippen molar-refractivity contribution < 1.29 is 4.79 Å². The van der Waals surface area contributed by atoms with Crippen molar-refractivity contribution in [3.8, 4) is 0 Å². The predicted octanol–water partition coefficient (Wildman–Crippen LogP) is 0.168. The van der Waals surface area contributed by atoms with Crippen molar-refractivity contribution in [2.75, 3.05) is 0 Å². The maximum absolute atomic E-state index is 11.4. The highest BCUT2D eigenvalue weighted by Gasteiger charge is 2.19. The van der Waals surface area contributed by atoms with E-state index in [1.165, 1.54) is 0 Å². The summed E-state index contributed by atoms with van der Waals surface area (Å²) in [5.74, 6) is 4.68. The van der Waals surface area contributed by atoms with Crippen LogP contribution in [0.15, 0.2) is 30.5 Å². The number of fused-ring (bicyclic) bond motifs is 1. The van der Waals surface area contributed by atoms with Crippen LogP contribution in [0.1, 0.15) is 11.6 Å². The van der Waals surface area contributed by atoms with Gasteiger partial charge in [-0.05, 0) is 6.07 Å². The molecule has 2 aromatic rings. The van der Waals surface area contributed by atoms with Crippen molar-refractivity contribution in [2.45, 2.75) is 6.04 Å². The van der Waals surface area contributed by atoms with Crippen LogP contribution >= 0.6 is 0 Å². The van der Waals surface area contributed by atoms with Gasteiger partial charge in [0.2, 0.25) is 0 Å². The van der Waals surface area contributed by atoms with Crippen LogP contribution in [-0.2, 0) is 11.8 Å². The fourth-order valence-corrected chi connectivity index (χ4v) is 1.85. The standard InChI is InChI=1S/C11H14N4O/c1-15-6-8(10(12)11(16)14-13)7-4-2-3-5-9(7)15/h2-6,10H,12-13H2,1H3,(H,14,16). The average Bonchev–Trinajstić information content (AvgIpc) is 2.65. The molecule has 0 spiro atoms. The van der Waals surface area contributed by atoms with E-state index in [0.717, 1.165) is 16.5 Å². The summed E-state index contributed by atoms with van der Waals surface area (Å²) in [6.07, 6.45) is 1.85. The fraction of sp³-hybridized carbons (Fsp3) is 0.182. The maximum atomic E-state index is 11.4. The normalized spacial score (nSPS) is 12.7. The van der Waals surface area contributed by atoms with Gasteiger partial charge < -0.3 is 10.3 Å². The summed E-state index contributed by atoms with van der Waals surface area (Å²) in [4.78, 5) is 11.4. The molecule has 2 rings (SSSR count). The largest absolute Gasteiger partial charge is 0.350 e. The van der Waals surface area contributed by atoms with Gasteiger partial charge in [-0.2, -0.15) is 0 Å². The second-order valence-corrected chi connectivity index (χ2v) is 3.70. The minimum absolute atomic E-state index is 0.392.